The van der Waals surface area contributed by atoms with Crippen molar-refractivity contribution >= 4 is 55.6 Å². The number of nitrogens with one attached hydrogen (secondary N) is 1. The van der Waals surface area contributed by atoms with Gasteiger partial charge in [0.2, 0.25) is 5.78 Å². The second-order valence-corrected chi connectivity index (χ2v) is 10.1. The number of rotatable bonds is 7. The van der Waals surface area contributed by atoms with Gasteiger partial charge in [0, 0.05) is 24.3 Å². The molecule has 0 bridgehead atoms. The molecule has 14 heteroatoms. The van der Waals surface area contributed by atoms with E-state index in [1.165, 1.54) is 19.4 Å². The summed E-state index contributed by atoms with van der Waals surface area (Å²) in [6.45, 7) is -0.662. The van der Waals surface area contributed by atoms with Gasteiger partial charge in [0.1, 0.15) is 12.4 Å². The molecule has 36 heavy (non-hydrogen) atoms. The minimum atomic E-state index is -4.91. The summed E-state index contributed by atoms with van der Waals surface area (Å²) in [4.78, 5) is 16.8. The number of ketones is 1. The van der Waals surface area contributed by atoms with Gasteiger partial charge in [0.25, 0.3) is 10.0 Å². The van der Waals surface area contributed by atoms with E-state index in [-0.39, 0.29) is 22.0 Å². The monoisotopic (exact) mass is 558 g/mol. The average molecular weight is 559 g/mol. The van der Waals surface area contributed by atoms with Gasteiger partial charge >= 0.3 is 6.18 Å². The lowest BCUT2D eigenvalue weighted by molar-refractivity contribution is -0.137. The van der Waals surface area contributed by atoms with Crippen LogP contribution in [0.3, 0.4) is 0 Å². The summed E-state index contributed by atoms with van der Waals surface area (Å²) >= 11 is 11.7. The second kappa shape index (κ2) is 9.69. The molecule has 0 radical (unpaired) electrons. The highest BCUT2D eigenvalue weighted by atomic mass is 35.5. The lowest BCUT2D eigenvalue weighted by Crippen LogP contribution is -2.34. The van der Waals surface area contributed by atoms with Crippen LogP contribution in [0.4, 0.5) is 18.9 Å². The number of anilines is 1. The van der Waals surface area contributed by atoms with Gasteiger partial charge in [0.05, 0.1) is 37.9 Å². The predicted octanol–water partition coefficient (Wildman–Crippen LogP) is 5.31. The number of hydrogen-bond acceptors (Lipinski definition) is 6. The molecule has 2 aromatic heterocycles. The minimum absolute atomic E-state index is 0.0218. The molecule has 4 rings (SSSR count). The first-order chi connectivity index (χ1) is 16.9. The molecule has 0 spiro atoms. The number of pyridine rings is 1. The van der Waals surface area contributed by atoms with Crippen molar-refractivity contribution in [3.63, 3.8) is 0 Å². The molecule has 0 saturated carbocycles. The molecule has 8 nitrogen and oxygen atoms in total. The van der Waals surface area contributed by atoms with Crippen LogP contribution in [0.2, 0.25) is 10.0 Å². The van der Waals surface area contributed by atoms with Crippen molar-refractivity contribution in [3.05, 3.63) is 81.7 Å². The zero-order chi connectivity index (χ0) is 26.3. The number of carbonyl (C=O) groups excluding carboxylic acids is 1. The molecule has 0 aliphatic heterocycles. The third-order valence-electron chi connectivity index (χ3n) is 5.12. The van der Waals surface area contributed by atoms with E-state index in [1.54, 1.807) is 12.1 Å². The number of nitrogens with zero attached hydrogens (tertiary/aromatic N) is 3. The molecule has 4 aromatic rings. The zero-order valence-corrected chi connectivity index (χ0v) is 20.5. The zero-order valence-electron chi connectivity index (χ0n) is 18.2. The Hall–Kier alpha value is -3.19. The highest BCUT2D eigenvalue weighted by Gasteiger charge is 2.36. The molecule has 1 N–H and O–H groups in total. The number of halogens is 5. The number of aromatic amines is 1. The molecule has 0 unspecified atom stereocenters. The van der Waals surface area contributed by atoms with Crippen molar-refractivity contribution < 1.29 is 31.1 Å². The van der Waals surface area contributed by atoms with E-state index >= 15 is 0 Å². The number of hydrogen-bond donors (Lipinski definition) is 1. The van der Waals surface area contributed by atoms with Crippen LogP contribution < -0.4 is 4.31 Å². The standard InChI is InChI=1S/C22H15Cl2F3N4O4S/c1-35-11-31(36(33,34)13-5-6-17(24)16(8-13)22(25,26)27)19-7-12(23)9-28-20(19)21(32)14-3-2-4-18-15(14)10-29-30-18/h2-10H,11H2,1H3,(H,29,30). The van der Waals surface area contributed by atoms with Crippen molar-refractivity contribution in [2.24, 2.45) is 0 Å². The van der Waals surface area contributed by atoms with Crippen LogP contribution in [-0.4, -0.2) is 43.2 Å². The Kier molecular flexibility index (Phi) is 6.97. The predicted molar refractivity (Wildman–Crippen MR) is 127 cm³/mol. The normalized spacial score (nSPS) is 12.2. The highest BCUT2D eigenvalue weighted by molar-refractivity contribution is 7.92. The van der Waals surface area contributed by atoms with Gasteiger partial charge < -0.3 is 4.74 Å². The Morgan fingerprint density at radius 1 is 1.14 bits per heavy atom. The molecular formula is C22H15Cl2F3N4O4S. The summed E-state index contributed by atoms with van der Waals surface area (Å²) in [6.07, 6.45) is -2.33. The number of benzene rings is 2. The number of methoxy groups -OCH3 is 1. The number of sulfonamides is 1. The number of fused-ring (bicyclic) bond motifs is 1. The summed E-state index contributed by atoms with van der Waals surface area (Å²) in [7, 11) is -3.54. The van der Waals surface area contributed by atoms with E-state index in [2.05, 4.69) is 15.2 Å². The fourth-order valence-corrected chi connectivity index (χ4v) is 5.26. The van der Waals surface area contributed by atoms with Crippen LogP contribution in [0.5, 0.6) is 0 Å². The maximum absolute atomic E-state index is 13.5. The molecular weight excluding hydrogens is 544 g/mol. The van der Waals surface area contributed by atoms with Crippen LogP contribution in [0.1, 0.15) is 21.6 Å². The van der Waals surface area contributed by atoms with E-state index in [0.717, 1.165) is 24.4 Å². The number of H-pyrrole nitrogens is 1. The van der Waals surface area contributed by atoms with E-state index in [9.17, 15) is 26.4 Å². The Bertz CT molecular complexity index is 1580. The quantitative estimate of drug-likeness (QED) is 0.243. The topological polar surface area (TPSA) is 105 Å². The molecule has 2 aromatic carbocycles. The fourth-order valence-electron chi connectivity index (χ4n) is 3.48. The Balaban J connectivity index is 1.89. The molecule has 0 saturated heterocycles. The van der Waals surface area contributed by atoms with Crippen LogP contribution in [0, 0.1) is 0 Å². The molecule has 0 fully saturated rings. The van der Waals surface area contributed by atoms with E-state index in [1.807, 2.05) is 0 Å². The second-order valence-electron chi connectivity index (χ2n) is 7.40. The number of ether oxygens (including phenoxy) is 1. The largest absolute Gasteiger partial charge is 0.417 e. The van der Waals surface area contributed by atoms with Crippen molar-refractivity contribution in [2.45, 2.75) is 11.1 Å². The van der Waals surface area contributed by atoms with E-state index in [4.69, 9.17) is 27.9 Å². The van der Waals surface area contributed by atoms with Gasteiger partial charge in [-0.25, -0.2) is 17.7 Å². The molecule has 0 aliphatic rings. The van der Waals surface area contributed by atoms with Crippen molar-refractivity contribution in [3.8, 4) is 0 Å². The summed E-state index contributed by atoms with van der Waals surface area (Å²) in [5.41, 5.74) is -1.23. The molecule has 188 valence electrons. The van der Waals surface area contributed by atoms with Crippen molar-refractivity contribution in [1.82, 2.24) is 15.2 Å². The SMILES string of the molecule is COCN(c1cc(Cl)cnc1C(=O)c1cccc2[nH]ncc12)S(=O)(=O)c1ccc(Cl)c(C(F)(F)F)c1. The van der Waals surface area contributed by atoms with Gasteiger partial charge in [-0.15, -0.1) is 0 Å². The van der Waals surface area contributed by atoms with Gasteiger partial charge in [-0.2, -0.15) is 18.3 Å². The number of aromatic nitrogens is 3. The Morgan fingerprint density at radius 3 is 2.58 bits per heavy atom. The smallest absolute Gasteiger partial charge is 0.363 e. The lowest BCUT2D eigenvalue weighted by atomic mass is 10.0. The lowest BCUT2D eigenvalue weighted by Gasteiger charge is -2.25. The summed E-state index contributed by atoms with van der Waals surface area (Å²) < 4.78 is 72.9. The third-order valence-corrected chi connectivity index (χ3v) is 7.39. The summed E-state index contributed by atoms with van der Waals surface area (Å²) in [6, 6.07) is 8.10. The first kappa shape index (κ1) is 25.9. The fraction of sp³-hybridized carbons (Fsp3) is 0.136. The van der Waals surface area contributed by atoms with Crippen LogP contribution >= 0.6 is 23.2 Å². The minimum Gasteiger partial charge on any atom is -0.363 e. The number of carbonyl (C=O) groups is 1. The van der Waals surface area contributed by atoms with Crippen LogP contribution in [0.15, 0.2) is 59.8 Å². The van der Waals surface area contributed by atoms with Gasteiger partial charge in [-0.3, -0.25) is 9.89 Å². The van der Waals surface area contributed by atoms with Crippen LogP contribution in [0.25, 0.3) is 10.9 Å². The van der Waals surface area contributed by atoms with Gasteiger partial charge in [-0.05, 0) is 30.3 Å². The number of alkyl halides is 3. The first-order valence-electron chi connectivity index (χ1n) is 9.96. The molecule has 0 amide bonds. The molecule has 2 heterocycles. The average Bonchev–Trinajstić information content (AvgIpc) is 3.30. The Labute approximate surface area is 212 Å². The third kappa shape index (κ3) is 4.76. The highest BCUT2D eigenvalue weighted by Crippen LogP contribution is 2.37. The molecule has 0 atom stereocenters. The summed E-state index contributed by atoms with van der Waals surface area (Å²) in [5.74, 6) is -0.669. The maximum atomic E-state index is 13.5. The summed E-state index contributed by atoms with van der Waals surface area (Å²) in [5, 5.41) is 6.40. The van der Waals surface area contributed by atoms with E-state index < -0.39 is 44.2 Å². The van der Waals surface area contributed by atoms with Gasteiger partial charge in [0.15, 0.2) is 0 Å². The first-order valence-corrected chi connectivity index (χ1v) is 12.2. The maximum Gasteiger partial charge on any atom is 0.417 e. The van der Waals surface area contributed by atoms with Crippen LogP contribution in [-0.2, 0) is 20.9 Å². The van der Waals surface area contributed by atoms with E-state index in [0.29, 0.717) is 21.3 Å². The van der Waals surface area contributed by atoms with Gasteiger partial charge in [-0.1, -0.05) is 35.3 Å². The molecule has 0 aliphatic carbocycles. The van der Waals surface area contributed by atoms with Crippen molar-refractivity contribution in [1.29, 1.82) is 0 Å². The Morgan fingerprint density at radius 2 is 1.89 bits per heavy atom. The van der Waals surface area contributed by atoms with Crippen molar-refractivity contribution in [2.75, 3.05) is 18.1 Å².